The number of methoxy groups -OCH3 is 1. The quantitative estimate of drug-likeness (QED) is 0.488. The molecular weight excluding hydrogens is 382 g/mol. The normalized spacial score (nSPS) is 10.4. The average molecular weight is 401 g/mol. The lowest BCUT2D eigenvalue weighted by molar-refractivity contribution is 0.102. The number of amides is 1. The van der Waals surface area contributed by atoms with Gasteiger partial charge in [0.2, 0.25) is 5.82 Å². The van der Waals surface area contributed by atoms with Crippen molar-refractivity contribution in [2.45, 2.75) is 6.61 Å². The first-order valence-corrected chi connectivity index (χ1v) is 9.29. The molecule has 0 bridgehead atoms. The van der Waals surface area contributed by atoms with Gasteiger partial charge in [0.15, 0.2) is 6.61 Å². The third-order valence-corrected chi connectivity index (χ3v) is 4.34. The lowest BCUT2D eigenvalue weighted by Crippen LogP contribution is -2.14. The van der Waals surface area contributed by atoms with E-state index in [2.05, 4.69) is 15.5 Å². The summed E-state index contributed by atoms with van der Waals surface area (Å²) in [5.41, 5.74) is 1.81. The van der Waals surface area contributed by atoms with Crippen LogP contribution in [0, 0.1) is 0 Å². The van der Waals surface area contributed by atoms with Gasteiger partial charge < -0.3 is 19.3 Å². The summed E-state index contributed by atoms with van der Waals surface area (Å²) in [5, 5.41) is 6.82. The molecule has 30 heavy (non-hydrogen) atoms. The maximum atomic E-state index is 12.8. The zero-order valence-corrected chi connectivity index (χ0v) is 16.2. The predicted octanol–water partition coefficient (Wildman–Crippen LogP) is 4.58. The maximum absolute atomic E-state index is 12.8. The Morgan fingerprint density at radius 1 is 0.933 bits per heavy atom. The highest BCUT2D eigenvalue weighted by molar-refractivity contribution is 6.06. The van der Waals surface area contributed by atoms with E-state index in [-0.39, 0.29) is 12.5 Å². The van der Waals surface area contributed by atoms with E-state index in [9.17, 15) is 4.79 Å². The van der Waals surface area contributed by atoms with Crippen molar-refractivity contribution in [2.24, 2.45) is 0 Å². The Kier molecular flexibility index (Phi) is 5.70. The fraction of sp³-hybridized carbons (Fsp3) is 0.0870. The zero-order valence-electron chi connectivity index (χ0n) is 16.2. The van der Waals surface area contributed by atoms with E-state index >= 15 is 0 Å². The van der Waals surface area contributed by atoms with Gasteiger partial charge in [0.25, 0.3) is 11.8 Å². The molecular formula is C23H19N3O4. The fourth-order valence-corrected chi connectivity index (χ4v) is 2.88. The summed E-state index contributed by atoms with van der Waals surface area (Å²) in [6.45, 7) is 0.0405. The van der Waals surface area contributed by atoms with Gasteiger partial charge in [-0.25, -0.2) is 0 Å². The molecule has 1 aromatic heterocycles. The number of rotatable bonds is 7. The van der Waals surface area contributed by atoms with Crippen molar-refractivity contribution in [2.75, 3.05) is 12.4 Å². The highest BCUT2D eigenvalue weighted by Crippen LogP contribution is 2.26. The van der Waals surface area contributed by atoms with E-state index < -0.39 is 0 Å². The van der Waals surface area contributed by atoms with Gasteiger partial charge in [-0.3, -0.25) is 4.79 Å². The lowest BCUT2D eigenvalue weighted by Gasteiger charge is -2.12. The number of nitrogens with one attached hydrogen (secondary N) is 1. The first-order valence-electron chi connectivity index (χ1n) is 9.29. The molecule has 1 heterocycles. The first kappa shape index (κ1) is 19.2. The number of hydrogen-bond acceptors (Lipinski definition) is 6. The second kappa shape index (κ2) is 8.91. The number of anilines is 1. The van der Waals surface area contributed by atoms with Crippen LogP contribution in [0.3, 0.4) is 0 Å². The van der Waals surface area contributed by atoms with Gasteiger partial charge in [0.1, 0.15) is 11.5 Å². The minimum absolute atomic E-state index is 0.0405. The Balaban J connectivity index is 1.47. The number of benzene rings is 3. The molecule has 0 radical (unpaired) electrons. The predicted molar refractivity (Wildman–Crippen MR) is 111 cm³/mol. The van der Waals surface area contributed by atoms with E-state index in [1.807, 2.05) is 42.5 Å². The Bertz CT molecular complexity index is 1140. The minimum atomic E-state index is -0.314. The summed E-state index contributed by atoms with van der Waals surface area (Å²) in [4.78, 5) is 17.1. The molecule has 7 heteroatoms. The van der Waals surface area contributed by atoms with Crippen molar-refractivity contribution in [1.29, 1.82) is 0 Å². The summed E-state index contributed by atoms with van der Waals surface area (Å²) in [6, 6.07) is 23.7. The monoisotopic (exact) mass is 401 g/mol. The highest BCUT2D eigenvalue weighted by atomic mass is 16.5. The van der Waals surface area contributed by atoms with Crippen molar-refractivity contribution >= 4 is 11.6 Å². The molecule has 0 fully saturated rings. The molecule has 0 aliphatic heterocycles. The zero-order chi connectivity index (χ0) is 20.8. The largest absolute Gasteiger partial charge is 0.495 e. The number of carbonyl (C=O) groups is 1. The molecule has 1 N–H and O–H groups in total. The van der Waals surface area contributed by atoms with Crippen LogP contribution in [0.2, 0.25) is 0 Å². The smallest absolute Gasteiger partial charge is 0.264 e. The molecule has 0 spiro atoms. The molecule has 0 aliphatic rings. The molecule has 0 aliphatic carbocycles. The van der Waals surface area contributed by atoms with Crippen molar-refractivity contribution in [1.82, 2.24) is 10.1 Å². The molecule has 0 saturated heterocycles. The molecule has 0 atom stereocenters. The van der Waals surface area contributed by atoms with Crippen LogP contribution in [0.25, 0.3) is 11.4 Å². The van der Waals surface area contributed by atoms with Crippen LogP contribution in [-0.4, -0.2) is 23.2 Å². The minimum Gasteiger partial charge on any atom is -0.495 e. The Morgan fingerprint density at radius 3 is 2.43 bits per heavy atom. The van der Waals surface area contributed by atoms with Crippen molar-refractivity contribution < 1.29 is 18.8 Å². The molecule has 150 valence electrons. The third-order valence-electron chi connectivity index (χ3n) is 4.34. The van der Waals surface area contributed by atoms with Crippen LogP contribution >= 0.6 is 0 Å². The number of ether oxygens (including phenoxy) is 2. The Morgan fingerprint density at radius 2 is 1.63 bits per heavy atom. The van der Waals surface area contributed by atoms with Crippen LogP contribution in [-0.2, 0) is 6.61 Å². The van der Waals surface area contributed by atoms with Gasteiger partial charge in [-0.2, -0.15) is 4.98 Å². The molecule has 0 unspecified atom stereocenters. The van der Waals surface area contributed by atoms with Gasteiger partial charge in [-0.05, 0) is 24.3 Å². The Hall–Kier alpha value is -4.13. The first-order chi connectivity index (χ1) is 14.7. The topological polar surface area (TPSA) is 86.5 Å². The van der Waals surface area contributed by atoms with E-state index in [0.29, 0.717) is 34.5 Å². The lowest BCUT2D eigenvalue weighted by atomic mass is 10.1. The van der Waals surface area contributed by atoms with Crippen molar-refractivity contribution in [3.05, 3.63) is 90.3 Å². The van der Waals surface area contributed by atoms with Crippen LogP contribution < -0.4 is 14.8 Å². The van der Waals surface area contributed by atoms with Crippen LogP contribution in [0.5, 0.6) is 11.5 Å². The van der Waals surface area contributed by atoms with E-state index in [0.717, 1.165) is 5.56 Å². The van der Waals surface area contributed by atoms with Gasteiger partial charge in [0.05, 0.1) is 18.4 Å². The van der Waals surface area contributed by atoms with E-state index in [1.165, 1.54) is 0 Å². The van der Waals surface area contributed by atoms with Gasteiger partial charge in [0, 0.05) is 5.56 Å². The van der Waals surface area contributed by atoms with Crippen molar-refractivity contribution in [3.63, 3.8) is 0 Å². The van der Waals surface area contributed by atoms with Crippen LogP contribution in [0.1, 0.15) is 16.2 Å². The standard InChI is InChI=1S/C23H19N3O4/c1-28-20-14-8-6-12-18(20)24-23(27)17-11-5-7-13-19(17)29-15-21-25-22(26-30-21)16-9-3-2-4-10-16/h2-14H,15H2,1H3,(H,24,27). The van der Waals surface area contributed by atoms with Crippen molar-refractivity contribution in [3.8, 4) is 22.9 Å². The van der Waals surface area contributed by atoms with E-state index in [1.54, 1.807) is 43.5 Å². The fourth-order valence-electron chi connectivity index (χ4n) is 2.88. The summed E-state index contributed by atoms with van der Waals surface area (Å²) < 4.78 is 16.3. The molecule has 4 rings (SSSR count). The summed E-state index contributed by atoms with van der Waals surface area (Å²) in [6.07, 6.45) is 0. The van der Waals surface area contributed by atoms with Gasteiger partial charge in [-0.15, -0.1) is 0 Å². The number of carbonyl (C=O) groups excluding carboxylic acids is 1. The molecule has 0 saturated carbocycles. The van der Waals surface area contributed by atoms with Crippen LogP contribution in [0.4, 0.5) is 5.69 Å². The number of hydrogen-bond donors (Lipinski definition) is 1. The molecule has 4 aromatic rings. The highest BCUT2D eigenvalue weighted by Gasteiger charge is 2.16. The maximum Gasteiger partial charge on any atom is 0.264 e. The SMILES string of the molecule is COc1ccccc1NC(=O)c1ccccc1OCc1nc(-c2ccccc2)no1. The Labute approximate surface area is 173 Å². The number of para-hydroxylation sites is 3. The van der Waals surface area contributed by atoms with Gasteiger partial charge in [-0.1, -0.05) is 59.8 Å². The average Bonchev–Trinajstić information content (AvgIpc) is 3.28. The van der Waals surface area contributed by atoms with E-state index in [4.69, 9.17) is 14.0 Å². The second-order valence-corrected chi connectivity index (χ2v) is 6.32. The molecule has 7 nitrogen and oxygen atoms in total. The van der Waals surface area contributed by atoms with Gasteiger partial charge >= 0.3 is 0 Å². The summed E-state index contributed by atoms with van der Waals surface area (Å²) >= 11 is 0. The summed E-state index contributed by atoms with van der Waals surface area (Å²) in [5.74, 6) is 1.46. The van der Waals surface area contributed by atoms with Crippen LogP contribution in [0.15, 0.2) is 83.4 Å². The number of aromatic nitrogens is 2. The molecule has 1 amide bonds. The number of nitrogens with zero attached hydrogens (tertiary/aromatic N) is 2. The molecule has 3 aromatic carbocycles. The summed E-state index contributed by atoms with van der Waals surface area (Å²) in [7, 11) is 1.55. The second-order valence-electron chi connectivity index (χ2n) is 6.32. The third kappa shape index (κ3) is 4.30.